The molecule has 1 aliphatic rings. The normalized spacial score (nSPS) is 14.0. The van der Waals surface area contributed by atoms with E-state index in [-0.39, 0.29) is 5.02 Å². The van der Waals surface area contributed by atoms with Gasteiger partial charge in [0.2, 0.25) is 5.95 Å². The van der Waals surface area contributed by atoms with Crippen molar-refractivity contribution in [1.82, 2.24) is 9.97 Å². The topological polar surface area (TPSA) is 73.4 Å². The molecule has 1 fully saturated rings. The highest BCUT2D eigenvalue weighted by atomic mass is 35.5. The number of carbonyl (C=O) groups is 1. The van der Waals surface area contributed by atoms with Crippen LogP contribution in [0.4, 0.5) is 32.3 Å². The van der Waals surface area contributed by atoms with Gasteiger partial charge in [-0.2, -0.15) is 4.98 Å². The van der Waals surface area contributed by atoms with Gasteiger partial charge < -0.3 is 20.4 Å². The number of hydrogen-bond acceptors (Lipinski definition) is 5. The Morgan fingerprint density at radius 3 is 2.63 bits per heavy atom. The summed E-state index contributed by atoms with van der Waals surface area (Å²) in [7, 11) is 3.70. The van der Waals surface area contributed by atoms with Crippen LogP contribution in [0.5, 0.6) is 0 Å². The molecule has 0 radical (unpaired) electrons. The lowest BCUT2D eigenvalue weighted by Gasteiger charge is -2.28. The van der Waals surface area contributed by atoms with Gasteiger partial charge in [0, 0.05) is 32.9 Å². The predicted molar refractivity (Wildman–Crippen MR) is 106 cm³/mol. The monoisotopic (exact) mass is 392 g/mol. The fourth-order valence-electron chi connectivity index (χ4n) is 2.90. The maximum Gasteiger partial charge on any atom is 0.323 e. The molecule has 1 aliphatic heterocycles. The molecule has 27 heavy (non-hydrogen) atoms. The number of rotatable bonds is 4. The van der Waals surface area contributed by atoms with E-state index in [4.69, 9.17) is 11.6 Å². The highest BCUT2D eigenvalue weighted by molar-refractivity contribution is 6.31. The molecule has 2 N–H and O–H groups in total. The molecule has 2 amide bonds. The molecule has 9 heteroatoms. The SMILES string of the molecule is CN(C)c1nc(N2CCCCC2)ncc1NC(=O)Nc1ccc(F)c(Cl)c1. The number of nitrogens with zero attached hydrogens (tertiary/aromatic N) is 4. The molecule has 3 rings (SSSR count). The first kappa shape index (κ1) is 19.2. The third-order valence-corrected chi connectivity index (χ3v) is 4.53. The van der Waals surface area contributed by atoms with Crippen LogP contribution in [-0.2, 0) is 0 Å². The zero-order chi connectivity index (χ0) is 19.4. The van der Waals surface area contributed by atoms with Crippen LogP contribution in [0.3, 0.4) is 0 Å². The fourth-order valence-corrected chi connectivity index (χ4v) is 3.08. The maximum absolute atomic E-state index is 13.2. The Morgan fingerprint density at radius 1 is 1.22 bits per heavy atom. The second-order valence-electron chi connectivity index (χ2n) is 6.56. The van der Waals surface area contributed by atoms with Crippen molar-refractivity contribution in [1.29, 1.82) is 0 Å². The van der Waals surface area contributed by atoms with E-state index in [1.165, 1.54) is 24.6 Å². The second kappa shape index (κ2) is 8.39. The van der Waals surface area contributed by atoms with E-state index in [0.29, 0.717) is 23.1 Å². The molecule has 0 bridgehead atoms. The van der Waals surface area contributed by atoms with E-state index >= 15 is 0 Å². The molecule has 1 saturated heterocycles. The largest absolute Gasteiger partial charge is 0.361 e. The predicted octanol–water partition coefficient (Wildman–Crippen LogP) is 3.97. The van der Waals surface area contributed by atoms with Gasteiger partial charge in [-0.25, -0.2) is 14.2 Å². The van der Waals surface area contributed by atoms with Crippen LogP contribution in [0.2, 0.25) is 5.02 Å². The van der Waals surface area contributed by atoms with Crippen LogP contribution < -0.4 is 20.4 Å². The third-order valence-electron chi connectivity index (χ3n) is 4.24. The van der Waals surface area contributed by atoms with Crippen molar-refractivity contribution in [2.75, 3.05) is 47.6 Å². The van der Waals surface area contributed by atoms with Crippen molar-refractivity contribution < 1.29 is 9.18 Å². The van der Waals surface area contributed by atoms with Crippen molar-refractivity contribution in [3.8, 4) is 0 Å². The third kappa shape index (κ3) is 4.77. The van der Waals surface area contributed by atoms with Crippen LogP contribution in [-0.4, -0.2) is 43.2 Å². The van der Waals surface area contributed by atoms with Crippen molar-refractivity contribution in [2.24, 2.45) is 0 Å². The van der Waals surface area contributed by atoms with Gasteiger partial charge in [-0.1, -0.05) is 11.6 Å². The van der Waals surface area contributed by atoms with E-state index in [1.54, 1.807) is 6.20 Å². The van der Waals surface area contributed by atoms with Gasteiger partial charge in [0.1, 0.15) is 11.5 Å². The van der Waals surface area contributed by atoms with Crippen LogP contribution in [0.25, 0.3) is 0 Å². The summed E-state index contributed by atoms with van der Waals surface area (Å²) < 4.78 is 13.2. The van der Waals surface area contributed by atoms with Crippen molar-refractivity contribution in [3.63, 3.8) is 0 Å². The minimum Gasteiger partial charge on any atom is -0.361 e. The van der Waals surface area contributed by atoms with Gasteiger partial charge in [-0.3, -0.25) is 0 Å². The summed E-state index contributed by atoms with van der Waals surface area (Å²) in [4.78, 5) is 25.3. The summed E-state index contributed by atoms with van der Waals surface area (Å²) in [5.41, 5.74) is 0.864. The van der Waals surface area contributed by atoms with Crippen LogP contribution >= 0.6 is 11.6 Å². The van der Waals surface area contributed by atoms with E-state index < -0.39 is 11.8 Å². The number of amides is 2. The molecular formula is C18H22ClFN6O. The van der Waals surface area contributed by atoms with Gasteiger partial charge in [-0.05, 0) is 37.5 Å². The number of benzene rings is 1. The number of hydrogen-bond donors (Lipinski definition) is 2. The zero-order valence-corrected chi connectivity index (χ0v) is 16.1. The number of carbonyl (C=O) groups excluding carboxylic acids is 1. The molecule has 7 nitrogen and oxygen atoms in total. The Hall–Kier alpha value is -2.61. The van der Waals surface area contributed by atoms with E-state index in [1.807, 2.05) is 19.0 Å². The Morgan fingerprint density at radius 2 is 1.96 bits per heavy atom. The molecule has 1 aromatic heterocycles. The second-order valence-corrected chi connectivity index (χ2v) is 6.96. The average molecular weight is 393 g/mol. The van der Waals surface area contributed by atoms with Gasteiger partial charge in [0.05, 0.1) is 11.2 Å². The molecule has 2 heterocycles. The lowest BCUT2D eigenvalue weighted by atomic mass is 10.1. The Labute approximate surface area is 162 Å². The maximum atomic E-state index is 13.2. The number of anilines is 4. The Kier molecular flexibility index (Phi) is 5.95. The number of halogens is 2. The van der Waals surface area contributed by atoms with Gasteiger partial charge in [0.15, 0.2) is 5.82 Å². The molecule has 144 valence electrons. The van der Waals surface area contributed by atoms with Crippen LogP contribution in [0.15, 0.2) is 24.4 Å². The standard InChI is InChI=1S/C18H22ClFN6O/c1-25(2)16-15(11-21-17(24-16)26-8-4-3-5-9-26)23-18(27)22-12-6-7-14(20)13(19)10-12/h6-7,10-11H,3-5,8-9H2,1-2H3,(H2,22,23,27). The summed E-state index contributed by atoms with van der Waals surface area (Å²) in [5, 5.41) is 5.29. The van der Waals surface area contributed by atoms with Gasteiger partial charge in [-0.15, -0.1) is 0 Å². The highest BCUT2D eigenvalue weighted by Crippen LogP contribution is 2.26. The van der Waals surface area contributed by atoms with E-state index in [0.717, 1.165) is 25.9 Å². The van der Waals surface area contributed by atoms with Crippen molar-refractivity contribution >= 4 is 40.8 Å². The zero-order valence-electron chi connectivity index (χ0n) is 15.3. The molecule has 2 aromatic rings. The minimum absolute atomic E-state index is 0.0593. The average Bonchev–Trinajstić information content (AvgIpc) is 2.65. The molecule has 0 atom stereocenters. The lowest BCUT2D eigenvalue weighted by molar-refractivity contribution is 0.262. The van der Waals surface area contributed by atoms with Crippen LogP contribution in [0.1, 0.15) is 19.3 Å². The quantitative estimate of drug-likeness (QED) is 0.823. The molecule has 0 unspecified atom stereocenters. The number of urea groups is 1. The number of aromatic nitrogens is 2. The molecule has 0 aliphatic carbocycles. The smallest absolute Gasteiger partial charge is 0.323 e. The summed E-state index contributed by atoms with van der Waals surface area (Å²) >= 11 is 5.74. The fraction of sp³-hybridized carbons (Fsp3) is 0.389. The van der Waals surface area contributed by atoms with E-state index in [9.17, 15) is 9.18 Å². The van der Waals surface area contributed by atoms with Crippen LogP contribution in [0, 0.1) is 5.82 Å². The first-order valence-electron chi connectivity index (χ1n) is 8.76. The summed E-state index contributed by atoms with van der Waals surface area (Å²) in [6.45, 7) is 1.87. The summed E-state index contributed by atoms with van der Waals surface area (Å²) in [6.07, 6.45) is 5.08. The first-order chi connectivity index (χ1) is 12.9. The molecule has 1 aromatic carbocycles. The molecular weight excluding hydrogens is 371 g/mol. The Balaban J connectivity index is 1.74. The minimum atomic E-state index is -0.542. The van der Waals surface area contributed by atoms with Crippen molar-refractivity contribution in [2.45, 2.75) is 19.3 Å². The van der Waals surface area contributed by atoms with E-state index in [2.05, 4.69) is 25.5 Å². The van der Waals surface area contributed by atoms with Gasteiger partial charge >= 0.3 is 6.03 Å². The molecule has 0 saturated carbocycles. The Bertz CT molecular complexity index is 825. The van der Waals surface area contributed by atoms with Gasteiger partial charge in [0.25, 0.3) is 0 Å². The van der Waals surface area contributed by atoms with Crippen molar-refractivity contribution in [3.05, 3.63) is 35.2 Å². The number of nitrogens with one attached hydrogen (secondary N) is 2. The summed E-state index contributed by atoms with van der Waals surface area (Å²) in [5.74, 6) is 0.728. The summed E-state index contributed by atoms with van der Waals surface area (Å²) in [6, 6.07) is 3.48. The molecule has 0 spiro atoms. The first-order valence-corrected chi connectivity index (χ1v) is 9.14. The highest BCUT2D eigenvalue weighted by Gasteiger charge is 2.18. The lowest BCUT2D eigenvalue weighted by Crippen LogP contribution is -2.31. The number of piperidine rings is 1.